The number of rotatable bonds is 15. The van der Waals surface area contributed by atoms with Crippen LogP contribution >= 0.6 is 15.9 Å². The van der Waals surface area contributed by atoms with Crippen molar-refractivity contribution < 1.29 is 0 Å². The van der Waals surface area contributed by atoms with E-state index in [0.29, 0.717) is 0 Å². The van der Waals surface area contributed by atoms with Crippen LogP contribution in [0.15, 0.2) is 83.3 Å². The lowest BCUT2D eigenvalue weighted by atomic mass is 9.70. The lowest BCUT2D eigenvalue weighted by Gasteiger charge is -2.33. The highest BCUT2D eigenvalue weighted by Crippen LogP contribution is 2.55. The smallest absolute Gasteiger partial charge is 0.0215 e. The highest BCUT2D eigenvalue weighted by molar-refractivity contribution is 9.10. The number of benzene rings is 4. The molecule has 210 valence electrons. The van der Waals surface area contributed by atoms with E-state index >= 15 is 0 Å². The first-order valence-electron chi connectivity index (χ1n) is 16.1. The van der Waals surface area contributed by atoms with Gasteiger partial charge in [0.05, 0.1) is 0 Å². The van der Waals surface area contributed by atoms with Crippen molar-refractivity contribution in [1.82, 2.24) is 0 Å². The molecule has 0 radical (unpaired) electrons. The molecule has 0 aliphatic heterocycles. The summed E-state index contributed by atoms with van der Waals surface area (Å²) in [4.78, 5) is 0. The predicted molar refractivity (Wildman–Crippen MR) is 179 cm³/mol. The molecule has 0 bridgehead atoms. The van der Waals surface area contributed by atoms with Crippen LogP contribution in [-0.4, -0.2) is 0 Å². The standard InChI is InChI=1S/C39H47Br/c1-3-5-7-9-11-15-26-39(27-16-12-10-8-6-4-2)37-28-31(34-21-17-19-30-18-13-14-20-33(30)34)22-24-35(37)36-25-23-32(40)29-38(36)39/h13-14,17-25,28-29H,3-12,15-16,26-27H2,1-2H3. The van der Waals surface area contributed by atoms with Gasteiger partial charge in [0.25, 0.3) is 0 Å². The van der Waals surface area contributed by atoms with Crippen molar-refractivity contribution in [2.45, 2.75) is 109 Å². The number of hydrogen-bond donors (Lipinski definition) is 0. The molecule has 5 rings (SSSR count). The van der Waals surface area contributed by atoms with Crippen molar-refractivity contribution in [1.29, 1.82) is 0 Å². The average Bonchev–Trinajstić information content (AvgIpc) is 3.24. The summed E-state index contributed by atoms with van der Waals surface area (Å²) < 4.78 is 1.21. The summed E-state index contributed by atoms with van der Waals surface area (Å²) in [6.45, 7) is 4.63. The van der Waals surface area contributed by atoms with Crippen LogP contribution in [0.2, 0.25) is 0 Å². The third kappa shape index (κ3) is 6.25. The minimum atomic E-state index is 0.102. The van der Waals surface area contributed by atoms with E-state index in [0.717, 1.165) is 0 Å². The molecule has 0 spiro atoms. The Hall–Kier alpha value is -2.38. The fourth-order valence-electron chi connectivity index (χ4n) is 7.19. The van der Waals surface area contributed by atoms with E-state index in [1.54, 1.807) is 11.1 Å². The molecule has 0 aromatic heterocycles. The van der Waals surface area contributed by atoms with E-state index in [1.165, 1.54) is 127 Å². The van der Waals surface area contributed by atoms with Crippen molar-refractivity contribution in [2.75, 3.05) is 0 Å². The topological polar surface area (TPSA) is 0 Å². The zero-order valence-electron chi connectivity index (χ0n) is 24.8. The zero-order chi connectivity index (χ0) is 27.8. The molecule has 0 nitrogen and oxygen atoms in total. The number of fused-ring (bicyclic) bond motifs is 4. The van der Waals surface area contributed by atoms with E-state index in [2.05, 4.69) is 109 Å². The normalized spacial score (nSPS) is 13.5. The molecule has 4 aromatic carbocycles. The predicted octanol–water partition coefficient (Wildman–Crippen LogP) is 13.0. The van der Waals surface area contributed by atoms with Gasteiger partial charge >= 0.3 is 0 Å². The molecule has 1 heteroatoms. The maximum Gasteiger partial charge on any atom is 0.0215 e. The molecule has 0 unspecified atom stereocenters. The van der Waals surface area contributed by atoms with Crippen LogP contribution in [-0.2, 0) is 5.41 Å². The molecule has 0 N–H and O–H groups in total. The fraction of sp³-hybridized carbons (Fsp3) is 0.436. The molecule has 0 amide bonds. The largest absolute Gasteiger partial charge is 0.0654 e. The van der Waals surface area contributed by atoms with E-state index < -0.39 is 0 Å². The van der Waals surface area contributed by atoms with Crippen LogP contribution in [0.25, 0.3) is 33.0 Å². The average molecular weight is 596 g/mol. The van der Waals surface area contributed by atoms with Gasteiger partial charge in [-0.15, -0.1) is 0 Å². The van der Waals surface area contributed by atoms with Gasteiger partial charge < -0.3 is 0 Å². The third-order valence-corrected chi connectivity index (χ3v) is 9.83. The number of unbranched alkanes of at least 4 members (excludes halogenated alkanes) is 10. The second-order valence-corrected chi connectivity index (χ2v) is 13.0. The molecule has 1 aliphatic rings. The van der Waals surface area contributed by atoms with Crippen LogP contribution in [0.1, 0.15) is 115 Å². The summed E-state index contributed by atoms with van der Waals surface area (Å²) in [5.41, 5.74) is 8.87. The SMILES string of the molecule is CCCCCCCCC1(CCCCCCCC)c2cc(Br)ccc2-c2ccc(-c3cccc4ccccc34)cc21. The van der Waals surface area contributed by atoms with Gasteiger partial charge in [0, 0.05) is 9.89 Å². The summed E-state index contributed by atoms with van der Waals surface area (Å²) in [6.07, 6.45) is 18.7. The van der Waals surface area contributed by atoms with Crippen molar-refractivity contribution >= 4 is 26.7 Å². The van der Waals surface area contributed by atoms with E-state index in [9.17, 15) is 0 Å². The quantitative estimate of drug-likeness (QED) is 0.120. The van der Waals surface area contributed by atoms with Gasteiger partial charge in [-0.3, -0.25) is 0 Å². The Labute approximate surface area is 251 Å². The van der Waals surface area contributed by atoms with E-state index in [1.807, 2.05) is 0 Å². The molecular weight excluding hydrogens is 548 g/mol. The Balaban J connectivity index is 1.54. The number of hydrogen-bond acceptors (Lipinski definition) is 0. The summed E-state index contributed by atoms with van der Waals surface area (Å²) >= 11 is 3.86. The van der Waals surface area contributed by atoms with Crippen LogP contribution in [0.5, 0.6) is 0 Å². The van der Waals surface area contributed by atoms with Gasteiger partial charge in [-0.25, -0.2) is 0 Å². The van der Waals surface area contributed by atoms with Gasteiger partial charge in [0.1, 0.15) is 0 Å². The van der Waals surface area contributed by atoms with Crippen LogP contribution in [0, 0.1) is 0 Å². The van der Waals surface area contributed by atoms with Crippen LogP contribution < -0.4 is 0 Å². The van der Waals surface area contributed by atoms with Crippen molar-refractivity contribution in [3.8, 4) is 22.3 Å². The molecule has 0 heterocycles. The highest BCUT2D eigenvalue weighted by atomic mass is 79.9. The Morgan fingerprint density at radius 3 is 1.80 bits per heavy atom. The van der Waals surface area contributed by atoms with Gasteiger partial charge in [0.2, 0.25) is 0 Å². The van der Waals surface area contributed by atoms with Crippen LogP contribution in [0.3, 0.4) is 0 Å². The summed E-state index contributed by atoms with van der Waals surface area (Å²) in [5.74, 6) is 0. The van der Waals surface area contributed by atoms with Crippen molar-refractivity contribution in [2.24, 2.45) is 0 Å². The Morgan fingerprint density at radius 2 is 1.10 bits per heavy atom. The molecule has 0 saturated carbocycles. The van der Waals surface area contributed by atoms with Gasteiger partial charge in [0.15, 0.2) is 0 Å². The second kappa shape index (κ2) is 14.0. The van der Waals surface area contributed by atoms with Crippen molar-refractivity contribution in [3.05, 3.63) is 94.5 Å². The lowest BCUT2D eigenvalue weighted by Crippen LogP contribution is -2.25. The minimum absolute atomic E-state index is 0.102. The highest BCUT2D eigenvalue weighted by Gasteiger charge is 2.42. The van der Waals surface area contributed by atoms with Gasteiger partial charge in [-0.2, -0.15) is 0 Å². The number of halogens is 1. The van der Waals surface area contributed by atoms with Crippen LogP contribution in [0.4, 0.5) is 0 Å². The first kappa shape index (κ1) is 29.1. The summed E-state index contributed by atoms with van der Waals surface area (Å²) in [5, 5.41) is 2.67. The Bertz CT molecular complexity index is 1380. The second-order valence-electron chi connectivity index (χ2n) is 12.1. The third-order valence-electron chi connectivity index (χ3n) is 9.34. The molecule has 0 fully saturated rings. The van der Waals surface area contributed by atoms with E-state index in [-0.39, 0.29) is 5.41 Å². The maximum atomic E-state index is 3.86. The Morgan fingerprint density at radius 1 is 0.525 bits per heavy atom. The van der Waals surface area contributed by atoms with Crippen molar-refractivity contribution in [3.63, 3.8) is 0 Å². The molecular formula is C39H47Br. The fourth-order valence-corrected chi connectivity index (χ4v) is 7.55. The molecule has 4 aromatic rings. The zero-order valence-corrected chi connectivity index (χ0v) is 26.4. The molecule has 1 aliphatic carbocycles. The monoisotopic (exact) mass is 594 g/mol. The maximum absolute atomic E-state index is 3.86. The summed E-state index contributed by atoms with van der Waals surface area (Å²) in [7, 11) is 0. The van der Waals surface area contributed by atoms with Gasteiger partial charge in [-0.1, -0.05) is 167 Å². The van der Waals surface area contributed by atoms with Gasteiger partial charge in [-0.05, 0) is 75.2 Å². The first-order valence-corrected chi connectivity index (χ1v) is 16.9. The minimum Gasteiger partial charge on any atom is -0.0654 e. The molecule has 0 atom stereocenters. The Kier molecular flexibility index (Phi) is 10.2. The first-order chi connectivity index (χ1) is 19.7. The molecule has 0 saturated heterocycles. The van der Waals surface area contributed by atoms with E-state index in [4.69, 9.17) is 0 Å². The summed E-state index contributed by atoms with van der Waals surface area (Å²) in [6, 6.07) is 30.1. The lowest BCUT2D eigenvalue weighted by molar-refractivity contribution is 0.398. The molecule has 40 heavy (non-hydrogen) atoms.